The Hall–Kier alpha value is -2.62. The topological polar surface area (TPSA) is 55.4 Å². The van der Waals surface area contributed by atoms with E-state index in [0.717, 1.165) is 11.1 Å². The van der Waals surface area contributed by atoms with Crippen LogP contribution in [0, 0.1) is 6.92 Å². The minimum absolute atomic E-state index is 0.0591. The number of nitrogens with one attached hydrogen (secondary N) is 1. The third-order valence-corrected chi connectivity index (χ3v) is 3.54. The predicted molar refractivity (Wildman–Crippen MR) is 90.2 cm³/mol. The lowest BCUT2D eigenvalue weighted by molar-refractivity contribution is -0.147. The summed E-state index contributed by atoms with van der Waals surface area (Å²) in [4.78, 5) is 23.6. The number of rotatable bonds is 6. The number of anilines is 1. The smallest absolute Gasteiger partial charge is 0.306 e. The van der Waals surface area contributed by atoms with Crippen molar-refractivity contribution < 1.29 is 14.3 Å². The Morgan fingerprint density at radius 3 is 2.35 bits per heavy atom. The SMILES string of the molecule is Cc1ccc(NC(=O)COC(=O)C[C@H](C)c2ccccc2)cc1. The van der Waals surface area contributed by atoms with Crippen LogP contribution in [0.5, 0.6) is 0 Å². The molecule has 23 heavy (non-hydrogen) atoms. The number of hydrogen-bond donors (Lipinski definition) is 1. The summed E-state index contributed by atoms with van der Waals surface area (Å²) in [5.41, 5.74) is 2.88. The van der Waals surface area contributed by atoms with E-state index in [2.05, 4.69) is 5.32 Å². The van der Waals surface area contributed by atoms with Crippen LogP contribution in [0.3, 0.4) is 0 Å². The van der Waals surface area contributed by atoms with Gasteiger partial charge in [-0.05, 0) is 30.5 Å². The Balaban J connectivity index is 1.75. The summed E-state index contributed by atoms with van der Waals surface area (Å²) in [7, 11) is 0. The van der Waals surface area contributed by atoms with Gasteiger partial charge in [-0.2, -0.15) is 0 Å². The lowest BCUT2D eigenvalue weighted by atomic mass is 9.98. The fourth-order valence-corrected chi connectivity index (χ4v) is 2.19. The highest BCUT2D eigenvalue weighted by atomic mass is 16.5. The number of esters is 1. The summed E-state index contributed by atoms with van der Waals surface area (Å²) in [5, 5.41) is 2.69. The standard InChI is InChI=1S/C19H21NO3/c1-14-8-10-17(11-9-14)20-18(21)13-23-19(22)12-15(2)16-6-4-3-5-7-16/h3-11,15H,12-13H2,1-2H3,(H,20,21)/t15-/m0/s1. The Morgan fingerprint density at radius 1 is 1.04 bits per heavy atom. The first kappa shape index (κ1) is 16.7. The highest BCUT2D eigenvalue weighted by molar-refractivity contribution is 5.92. The van der Waals surface area contributed by atoms with Crippen molar-refractivity contribution >= 4 is 17.6 Å². The van der Waals surface area contributed by atoms with Gasteiger partial charge in [0.25, 0.3) is 5.91 Å². The molecule has 4 nitrogen and oxygen atoms in total. The first-order valence-electron chi connectivity index (χ1n) is 7.61. The van der Waals surface area contributed by atoms with Crippen LogP contribution in [0.25, 0.3) is 0 Å². The highest BCUT2D eigenvalue weighted by Gasteiger charge is 2.13. The summed E-state index contributed by atoms with van der Waals surface area (Å²) in [6.07, 6.45) is 0.252. The van der Waals surface area contributed by atoms with E-state index in [-0.39, 0.29) is 30.8 Å². The van der Waals surface area contributed by atoms with E-state index in [4.69, 9.17) is 4.74 Å². The lowest BCUT2D eigenvalue weighted by Gasteiger charge is -2.11. The average molecular weight is 311 g/mol. The van der Waals surface area contributed by atoms with E-state index in [1.165, 1.54) is 0 Å². The maximum absolute atomic E-state index is 11.8. The van der Waals surface area contributed by atoms with E-state index < -0.39 is 0 Å². The molecule has 0 aliphatic rings. The molecule has 0 aliphatic heterocycles. The van der Waals surface area contributed by atoms with E-state index in [1.807, 2.05) is 68.4 Å². The van der Waals surface area contributed by atoms with Crippen molar-refractivity contribution in [1.82, 2.24) is 0 Å². The van der Waals surface area contributed by atoms with Crippen LogP contribution in [0.4, 0.5) is 5.69 Å². The molecule has 0 heterocycles. The Kier molecular flexibility index (Phi) is 5.92. The van der Waals surface area contributed by atoms with Gasteiger partial charge in [0.05, 0.1) is 6.42 Å². The van der Waals surface area contributed by atoms with Crippen LogP contribution >= 0.6 is 0 Å². The summed E-state index contributed by atoms with van der Waals surface area (Å²) < 4.78 is 5.04. The maximum Gasteiger partial charge on any atom is 0.306 e. The van der Waals surface area contributed by atoms with Gasteiger partial charge in [-0.25, -0.2) is 0 Å². The Bertz CT molecular complexity index is 650. The van der Waals surface area contributed by atoms with Crippen LogP contribution in [0.15, 0.2) is 54.6 Å². The molecule has 0 fully saturated rings. The van der Waals surface area contributed by atoms with Gasteiger partial charge in [-0.1, -0.05) is 55.0 Å². The van der Waals surface area contributed by atoms with Crippen molar-refractivity contribution in [3.63, 3.8) is 0 Å². The fraction of sp³-hybridized carbons (Fsp3) is 0.263. The molecular weight excluding hydrogens is 290 g/mol. The van der Waals surface area contributed by atoms with E-state index in [0.29, 0.717) is 5.69 Å². The molecule has 2 aromatic carbocycles. The van der Waals surface area contributed by atoms with Crippen molar-refractivity contribution in [3.8, 4) is 0 Å². The second-order valence-corrected chi connectivity index (χ2v) is 5.59. The second kappa shape index (κ2) is 8.13. The van der Waals surface area contributed by atoms with Gasteiger partial charge in [0.2, 0.25) is 0 Å². The van der Waals surface area contributed by atoms with Crippen LogP contribution in [0.2, 0.25) is 0 Å². The molecule has 1 amide bonds. The summed E-state index contributed by atoms with van der Waals surface area (Å²) >= 11 is 0. The Morgan fingerprint density at radius 2 is 1.70 bits per heavy atom. The third-order valence-electron chi connectivity index (χ3n) is 3.54. The fourth-order valence-electron chi connectivity index (χ4n) is 2.19. The number of hydrogen-bond acceptors (Lipinski definition) is 3. The molecule has 0 bridgehead atoms. The lowest BCUT2D eigenvalue weighted by Crippen LogP contribution is -2.21. The molecule has 2 aromatic rings. The van der Waals surface area contributed by atoms with Crippen molar-refractivity contribution in [2.45, 2.75) is 26.2 Å². The maximum atomic E-state index is 11.8. The zero-order chi connectivity index (χ0) is 16.7. The van der Waals surface area contributed by atoms with Gasteiger partial charge in [0.1, 0.15) is 0 Å². The molecule has 1 N–H and O–H groups in total. The molecule has 120 valence electrons. The number of aryl methyl sites for hydroxylation is 1. The second-order valence-electron chi connectivity index (χ2n) is 5.59. The molecule has 4 heteroatoms. The number of ether oxygens (including phenoxy) is 1. The quantitative estimate of drug-likeness (QED) is 0.828. The zero-order valence-corrected chi connectivity index (χ0v) is 13.4. The first-order chi connectivity index (χ1) is 11.0. The third kappa shape index (κ3) is 5.58. The monoisotopic (exact) mass is 311 g/mol. The van der Waals surface area contributed by atoms with Gasteiger partial charge < -0.3 is 10.1 Å². The van der Waals surface area contributed by atoms with Gasteiger partial charge in [0, 0.05) is 5.69 Å². The number of amides is 1. The summed E-state index contributed by atoms with van der Waals surface area (Å²) in [6.45, 7) is 3.67. The van der Waals surface area contributed by atoms with Crippen molar-refractivity contribution in [1.29, 1.82) is 0 Å². The van der Waals surface area contributed by atoms with Crippen LogP contribution in [-0.4, -0.2) is 18.5 Å². The molecule has 0 unspecified atom stereocenters. The largest absolute Gasteiger partial charge is 0.456 e. The van der Waals surface area contributed by atoms with Crippen molar-refractivity contribution in [2.75, 3.05) is 11.9 Å². The molecule has 0 aliphatic carbocycles. The number of carbonyl (C=O) groups is 2. The molecule has 0 saturated heterocycles. The minimum Gasteiger partial charge on any atom is -0.456 e. The Labute approximate surface area is 136 Å². The highest BCUT2D eigenvalue weighted by Crippen LogP contribution is 2.18. The van der Waals surface area contributed by atoms with E-state index >= 15 is 0 Å². The molecule has 0 aromatic heterocycles. The number of benzene rings is 2. The molecule has 0 saturated carbocycles. The predicted octanol–water partition coefficient (Wildman–Crippen LogP) is 3.67. The van der Waals surface area contributed by atoms with Gasteiger partial charge in [-0.15, -0.1) is 0 Å². The number of carbonyl (C=O) groups excluding carboxylic acids is 2. The normalized spacial score (nSPS) is 11.6. The van der Waals surface area contributed by atoms with E-state index in [1.54, 1.807) is 0 Å². The zero-order valence-electron chi connectivity index (χ0n) is 13.4. The molecular formula is C19H21NO3. The average Bonchev–Trinajstić information content (AvgIpc) is 2.56. The van der Waals surface area contributed by atoms with Crippen LogP contribution in [-0.2, 0) is 14.3 Å². The van der Waals surface area contributed by atoms with Gasteiger partial charge in [0.15, 0.2) is 6.61 Å². The van der Waals surface area contributed by atoms with Gasteiger partial charge >= 0.3 is 5.97 Å². The summed E-state index contributed by atoms with van der Waals surface area (Å²) in [6, 6.07) is 17.2. The molecule has 2 rings (SSSR count). The molecule has 0 radical (unpaired) electrons. The van der Waals surface area contributed by atoms with Crippen LogP contribution in [0.1, 0.15) is 30.4 Å². The van der Waals surface area contributed by atoms with Crippen molar-refractivity contribution in [3.05, 3.63) is 65.7 Å². The van der Waals surface area contributed by atoms with E-state index in [9.17, 15) is 9.59 Å². The first-order valence-corrected chi connectivity index (χ1v) is 7.61. The molecule has 1 atom stereocenters. The minimum atomic E-state index is -0.375. The summed E-state index contributed by atoms with van der Waals surface area (Å²) in [5.74, 6) is -0.654. The van der Waals surface area contributed by atoms with Crippen molar-refractivity contribution in [2.24, 2.45) is 0 Å². The molecule has 0 spiro atoms. The van der Waals surface area contributed by atoms with Crippen LogP contribution < -0.4 is 5.32 Å². The van der Waals surface area contributed by atoms with Gasteiger partial charge in [-0.3, -0.25) is 9.59 Å².